The maximum atomic E-state index is 8.88. The highest BCUT2D eigenvalue weighted by atomic mass is 16.2. The van der Waals surface area contributed by atoms with Gasteiger partial charge in [0.1, 0.15) is 0 Å². The molecule has 1 aliphatic rings. The molecule has 0 aromatic heterocycles. The van der Waals surface area contributed by atoms with Crippen molar-refractivity contribution in [2.45, 2.75) is 59.3 Å². The molecular formula is C17H28O. The molecule has 1 atom stereocenters. The van der Waals surface area contributed by atoms with Gasteiger partial charge in [-0.05, 0) is 65.2 Å². The van der Waals surface area contributed by atoms with Crippen LogP contribution in [0.15, 0.2) is 34.9 Å². The lowest BCUT2D eigenvalue weighted by Crippen LogP contribution is -1.91. The zero-order chi connectivity index (χ0) is 13.4. The fraction of sp³-hybridized carbons (Fsp3) is 0.647. The lowest BCUT2D eigenvalue weighted by Gasteiger charge is -2.06. The molecule has 1 aliphatic carbocycles. The molecule has 1 fully saturated rings. The summed E-state index contributed by atoms with van der Waals surface area (Å²) in [5.41, 5.74) is 4.39. The van der Waals surface area contributed by atoms with Gasteiger partial charge in [0.2, 0.25) is 0 Å². The van der Waals surface area contributed by atoms with Gasteiger partial charge in [-0.2, -0.15) is 0 Å². The molecule has 0 spiro atoms. The maximum absolute atomic E-state index is 8.88. The average molecular weight is 248 g/mol. The fourth-order valence-electron chi connectivity index (χ4n) is 2.54. The normalized spacial score (nSPS) is 22.6. The summed E-state index contributed by atoms with van der Waals surface area (Å²) in [6.45, 7) is 6.77. The molecule has 0 saturated heterocycles. The summed E-state index contributed by atoms with van der Waals surface area (Å²) in [6, 6.07) is 0. The minimum absolute atomic E-state index is 0.208. The highest BCUT2D eigenvalue weighted by Gasteiger charge is 2.17. The first-order chi connectivity index (χ1) is 8.61. The molecule has 0 aliphatic heterocycles. The Labute approximate surface area is 112 Å². The SMILES string of the molecule is CC(C)=CCC/C(C)=C/CC1CC/C(=C\CO)C1. The van der Waals surface area contributed by atoms with Crippen molar-refractivity contribution in [3.05, 3.63) is 34.9 Å². The number of aliphatic hydroxyl groups is 1. The van der Waals surface area contributed by atoms with Gasteiger partial charge in [0.15, 0.2) is 0 Å². The quantitative estimate of drug-likeness (QED) is 0.670. The number of allylic oxidation sites excluding steroid dienone is 5. The third-order valence-electron chi connectivity index (χ3n) is 3.70. The number of hydrogen-bond donors (Lipinski definition) is 1. The highest BCUT2D eigenvalue weighted by Crippen LogP contribution is 2.32. The number of hydrogen-bond acceptors (Lipinski definition) is 1. The van der Waals surface area contributed by atoms with Crippen LogP contribution in [0.4, 0.5) is 0 Å². The van der Waals surface area contributed by atoms with Gasteiger partial charge in [0.25, 0.3) is 0 Å². The van der Waals surface area contributed by atoms with E-state index in [1.54, 1.807) is 0 Å². The molecule has 1 heteroatoms. The van der Waals surface area contributed by atoms with Crippen molar-refractivity contribution in [1.82, 2.24) is 0 Å². The van der Waals surface area contributed by atoms with Crippen LogP contribution in [0.1, 0.15) is 59.3 Å². The Balaban J connectivity index is 2.27. The van der Waals surface area contributed by atoms with E-state index in [0.717, 1.165) is 5.92 Å². The van der Waals surface area contributed by atoms with Gasteiger partial charge >= 0.3 is 0 Å². The minimum atomic E-state index is 0.208. The Kier molecular flexibility index (Phi) is 7.04. The van der Waals surface area contributed by atoms with E-state index in [1.807, 2.05) is 6.08 Å². The molecule has 1 unspecified atom stereocenters. The van der Waals surface area contributed by atoms with E-state index in [4.69, 9.17) is 5.11 Å². The Bertz CT molecular complexity index is 330. The molecule has 0 amide bonds. The average Bonchev–Trinajstić information content (AvgIpc) is 2.74. The Morgan fingerprint density at radius 2 is 2.06 bits per heavy atom. The first kappa shape index (κ1) is 15.2. The zero-order valence-corrected chi connectivity index (χ0v) is 12.2. The van der Waals surface area contributed by atoms with Gasteiger partial charge in [-0.3, -0.25) is 0 Å². The molecule has 1 N–H and O–H groups in total. The molecule has 1 rings (SSSR count). The van der Waals surface area contributed by atoms with Gasteiger partial charge in [-0.25, -0.2) is 0 Å². The van der Waals surface area contributed by atoms with Gasteiger partial charge in [0, 0.05) is 0 Å². The van der Waals surface area contributed by atoms with Crippen LogP contribution in [0.2, 0.25) is 0 Å². The topological polar surface area (TPSA) is 20.2 Å². The fourth-order valence-corrected chi connectivity index (χ4v) is 2.54. The van der Waals surface area contributed by atoms with Crippen molar-refractivity contribution in [3.8, 4) is 0 Å². The van der Waals surface area contributed by atoms with Crippen LogP contribution >= 0.6 is 0 Å². The Hall–Kier alpha value is -0.820. The third-order valence-corrected chi connectivity index (χ3v) is 3.70. The molecule has 0 radical (unpaired) electrons. The lowest BCUT2D eigenvalue weighted by molar-refractivity contribution is 0.341. The van der Waals surface area contributed by atoms with E-state index in [2.05, 4.69) is 32.9 Å². The summed E-state index contributed by atoms with van der Waals surface area (Å²) in [5.74, 6) is 0.807. The number of aliphatic hydroxyl groups excluding tert-OH is 1. The second kappa shape index (κ2) is 8.31. The molecule has 0 heterocycles. The van der Waals surface area contributed by atoms with E-state index in [0.29, 0.717) is 0 Å². The Morgan fingerprint density at radius 1 is 1.28 bits per heavy atom. The van der Waals surface area contributed by atoms with E-state index < -0.39 is 0 Å². The third kappa shape index (κ3) is 6.20. The van der Waals surface area contributed by atoms with Crippen molar-refractivity contribution < 1.29 is 5.11 Å². The molecule has 0 bridgehead atoms. The maximum Gasteiger partial charge on any atom is 0.0615 e. The van der Waals surface area contributed by atoms with E-state index >= 15 is 0 Å². The molecule has 102 valence electrons. The van der Waals surface area contributed by atoms with E-state index in [-0.39, 0.29) is 6.61 Å². The number of rotatable bonds is 6. The predicted octanol–water partition coefficient (Wildman–Crippen LogP) is 4.79. The first-order valence-corrected chi connectivity index (χ1v) is 7.19. The van der Waals surface area contributed by atoms with Crippen molar-refractivity contribution in [2.75, 3.05) is 6.61 Å². The summed E-state index contributed by atoms with van der Waals surface area (Å²) < 4.78 is 0. The van der Waals surface area contributed by atoms with Gasteiger partial charge in [-0.15, -0.1) is 0 Å². The highest BCUT2D eigenvalue weighted by molar-refractivity contribution is 5.10. The van der Waals surface area contributed by atoms with Crippen LogP contribution in [-0.4, -0.2) is 11.7 Å². The predicted molar refractivity (Wildman–Crippen MR) is 79.5 cm³/mol. The first-order valence-electron chi connectivity index (χ1n) is 7.19. The summed E-state index contributed by atoms with van der Waals surface area (Å²) in [4.78, 5) is 0. The van der Waals surface area contributed by atoms with Crippen molar-refractivity contribution in [2.24, 2.45) is 5.92 Å². The standard InChI is InChI=1S/C17H28O/c1-14(2)5-4-6-15(3)7-8-16-9-10-17(13-16)11-12-18/h5,7,11,16,18H,4,6,8-10,12-13H2,1-3H3/b15-7+,17-11+. The molecule has 1 saturated carbocycles. The molecule has 0 aromatic carbocycles. The van der Waals surface area contributed by atoms with Gasteiger partial charge in [-0.1, -0.05) is 34.9 Å². The summed E-state index contributed by atoms with van der Waals surface area (Å²) in [7, 11) is 0. The monoisotopic (exact) mass is 248 g/mol. The molecule has 0 aromatic rings. The van der Waals surface area contributed by atoms with E-state index in [1.165, 1.54) is 55.2 Å². The summed E-state index contributed by atoms with van der Waals surface area (Å²) >= 11 is 0. The van der Waals surface area contributed by atoms with E-state index in [9.17, 15) is 0 Å². The van der Waals surface area contributed by atoms with Crippen LogP contribution in [0.5, 0.6) is 0 Å². The lowest BCUT2D eigenvalue weighted by atomic mass is 10.0. The van der Waals surface area contributed by atoms with Crippen LogP contribution in [0.25, 0.3) is 0 Å². The zero-order valence-electron chi connectivity index (χ0n) is 12.2. The largest absolute Gasteiger partial charge is 0.392 e. The minimum Gasteiger partial charge on any atom is -0.392 e. The second-order valence-electron chi connectivity index (χ2n) is 5.76. The smallest absolute Gasteiger partial charge is 0.0615 e. The molecular weight excluding hydrogens is 220 g/mol. The molecule has 1 nitrogen and oxygen atoms in total. The second-order valence-corrected chi connectivity index (χ2v) is 5.76. The Morgan fingerprint density at radius 3 is 2.72 bits per heavy atom. The van der Waals surface area contributed by atoms with Gasteiger partial charge in [0.05, 0.1) is 6.61 Å². The van der Waals surface area contributed by atoms with Crippen molar-refractivity contribution >= 4 is 0 Å². The van der Waals surface area contributed by atoms with Gasteiger partial charge < -0.3 is 5.11 Å². The van der Waals surface area contributed by atoms with Crippen LogP contribution in [-0.2, 0) is 0 Å². The van der Waals surface area contributed by atoms with Crippen LogP contribution < -0.4 is 0 Å². The van der Waals surface area contributed by atoms with Crippen molar-refractivity contribution in [1.29, 1.82) is 0 Å². The summed E-state index contributed by atoms with van der Waals surface area (Å²) in [5, 5.41) is 8.88. The van der Waals surface area contributed by atoms with Crippen LogP contribution in [0.3, 0.4) is 0 Å². The van der Waals surface area contributed by atoms with Crippen molar-refractivity contribution in [3.63, 3.8) is 0 Å². The summed E-state index contributed by atoms with van der Waals surface area (Å²) in [6.07, 6.45) is 14.0. The van der Waals surface area contributed by atoms with Crippen LogP contribution in [0, 0.1) is 5.92 Å². The molecule has 18 heavy (non-hydrogen) atoms.